The highest BCUT2D eigenvalue weighted by Gasteiger charge is 2.32. The monoisotopic (exact) mass is 1140 g/mol. The maximum Gasteiger partial charge on any atom is 0.159 e. The summed E-state index contributed by atoms with van der Waals surface area (Å²) in [5, 5.41) is 12.5. The van der Waals surface area contributed by atoms with Gasteiger partial charge in [0.1, 0.15) is 11.2 Å². The number of anilines is 6. The normalized spacial score (nSPS) is 14.3. The first-order valence-corrected chi connectivity index (χ1v) is 32.9. The number of hydrogen-bond donors (Lipinski definition) is 0. The molecule has 0 N–H and O–H groups in total. The molecule has 14 aromatic rings. The minimum atomic E-state index is 0.356. The van der Waals surface area contributed by atoms with Crippen LogP contribution in [0.15, 0.2) is 215 Å². The first kappa shape index (κ1) is 54.3. The maximum atomic E-state index is 7.49. The maximum absolute atomic E-state index is 7.49. The van der Waals surface area contributed by atoms with Crippen LogP contribution < -0.4 is 9.80 Å². The van der Waals surface area contributed by atoms with E-state index in [-0.39, 0.29) is 0 Å². The largest absolute Gasteiger partial charge is 0.453 e. The Morgan fingerprint density at radius 3 is 1.11 bits per heavy atom. The predicted octanol–water partition coefficient (Wildman–Crippen LogP) is 25.3. The van der Waals surface area contributed by atoms with Gasteiger partial charge in [0.05, 0.1) is 22.7 Å². The summed E-state index contributed by atoms with van der Waals surface area (Å²) in [7, 11) is 0. The summed E-state index contributed by atoms with van der Waals surface area (Å²) in [5.74, 6) is 1.58. The van der Waals surface area contributed by atoms with Gasteiger partial charge in [0.2, 0.25) is 0 Å². The van der Waals surface area contributed by atoms with E-state index in [4.69, 9.17) is 8.83 Å². The van der Waals surface area contributed by atoms with Gasteiger partial charge in [0.25, 0.3) is 0 Å². The first-order valence-electron chi connectivity index (χ1n) is 32.9. The molecule has 0 saturated heterocycles. The first-order chi connectivity index (χ1) is 43.2. The highest BCUT2D eigenvalue weighted by atomic mass is 16.3. The lowest BCUT2D eigenvalue weighted by Gasteiger charge is -2.32. The van der Waals surface area contributed by atoms with Gasteiger partial charge in [-0.15, -0.1) is 0 Å². The Kier molecular flexibility index (Phi) is 13.5. The second-order valence-corrected chi connectivity index (χ2v) is 26.1. The average molecular weight is 1150 g/mol. The Morgan fingerprint density at radius 2 is 0.705 bits per heavy atom. The van der Waals surface area contributed by atoms with Crippen molar-refractivity contribution in [3.63, 3.8) is 0 Å². The van der Waals surface area contributed by atoms with E-state index in [1.54, 1.807) is 0 Å². The lowest BCUT2D eigenvalue weighted by Crippen LogP contribution is -2.14. The van der Waals surface area contributed by atoms with E-state index in [1.165, 1.54) is 140 Å². The summed E-state index contributed by atoms with van der Waals surface area (Å²) in [5.41, 5.74) is 23.3. The van der Waals surface area contributed by atoms with E-state index < -0.39 is 0 Å². The third kappa shape index (κ3) is 8.75. The fourth-order valence-electron chi connectivity index (χ4n) is 16.1. The highest BCUT2D eigenvalue weighted by Crippen LogP contribution is 2.56. The van der Waals surface area contributed by atoms with Gasteiger partial charge in [0.15, 0.2) is 11.2 Å². The van der Waals surface area contributed by atoms with E-state index in [0.29, 0.717) is 23.7 Å². The number of nitrogens with zero attached hydrogens (tertiary/aromatic N) is 2. The Hall–Kier alpha value is -9.12. The van der Waals surface area contributed by atoms with Gasteiger partial charge >= 0.3 is 0 Å². The van der Waals surface area contributed by atoms with Crippen LogP contribution in [0.1, 0.15) is 150 Å². The number of para-hydroxylation sites is 4. The molecule has 2 aromatic heterocycles. The van der Waals surface area contributed by atoms with Crippen LogP contribution in [0, 0.1) is 0 Å². The van der Waals surface area contributed by atoms with Crippen molar-refractivity contribution in [2.45, 2.75) is 129 Å². The fourth-order valence-corrected chi connectivity index (χ4v) is 16.1. The van der Waals surface area contributed by atoms with Crippen molar-refractivity contribution in [3.8, 4) is 22.3 Å². The van der Waals surface area contributed by atoms with Gasteiger partial charge in [-0.1, -0.05) is 225 Å². The van der Waals surface area contributed by atoms with Crippen molar-refractivity contribution in [2.75, 3.05) is 9.80 Å². The van der Waals surface area contributed by atoms with Gasteiger partial charge < -0.3 is 18.6 Å². The molecule has 0 unspecified atom stereocenters. The molecule has 434 valence electrons. The molecule has 2 fully saturated rings. The van der Waals surface area contributed by atoms with Crippen LogP contribution in [0.4, 0.5) is 34.1 Å². The van der Waals surface area contributed by atoms with Crippen molar-refractivity contribution < 1.29 is 8.83 Å². The molecule has 0 spiro atoms. The van der Waals surface area contributed by atoms with Crippen LogP contribution >= 0.6 is 0 Å². The number of furan rings is 2. The number of aryl methyl sites for hydroxylation is 2. The van der Waals surface area contributed by atoms with Crippen LogP contribution in [-0.2, 0) is 12.8 Å². The molecule has 0 amide bonds. The molecule has 4 heteroatoms. The van der Waals surface area contributed by atoms with E-state index in [9.17, 15) is 0 Å². The van der Waals surface area contributed by atoms with Gasteiger partial charge in [-0.05, 0) is 177 Å². The molecule has 0 bridgehead atoms. The molecule has 2 heterocycles. The quantitative estimate of drug-likeness (QED) is 0.102. The molecule has 2 aliphatic carbocycles. The predicted molar refractivity (Wildman–Crippen MR) is 374 cm³/mol. The minimum absolute atomic E-state index is 0.356. The van der Waals surface area contributed by atoms with Crippen molar-refractivity contribution in [3.05, 3.63) is 240 Å². The van der Waals surface area contributed by atoms with Gasteiger partial charge in [-0.25, -0.2) is 0 Å². The number of fused-ring (bicyclic) bond motifs is 6. The molecule has 12 aromatic carbocycles. The third-order valence-electron chi connectivity index (χ3n) is 20.4. The Labute approximate surface area is 517 Å². The second-order valence-electron chi connectivity index (χ2n) is 26.1. The smallest absolute Gasteiger partial charge is 0.159 e. The molecule has 0 aliphatic heterocycles. The van der Waals surface area contributed by atoms with E-state index in [1.807, 2.05) is 0 Å². The third-order valence-corrected chi connectivity index (χ3v) is 20.4. The lowest BCUT2D eigenvalue weighted by atomic mass is 9.82. The van der Waals surface area contributed by atoms with Crippen molar-refractivity contribution in [1.29, 1.82) is 0 Å². The summed E-state index contributed by atoms with van der Waals surface area (Å²) in [6, 6.07) is 78.6. The topological polar surface area (TPSA) is 32.8 Å². The number of hydrogen-bond acceptors (Lipinski definition) is 4. The summed E-state index contributed by atoms with van der Waals surface area (Å²) in [6.07, 6.45) is 11.6. The van der Waals surface area contributed by atoms with E-state index >= 15 is 0 Å². The Bertz CT molecular complexity index is 4690. The zero-order valence-electron chi connectivity index (χ0n) is 51.7. The zero-order valence-corrected chi connectivity index (χ0v) is 51.7. The standard InChI is InChI=1S/C84H76N2O2/c1-7-53-23-17-29-57(47-53)85(75-41-21-39-69-67-37-19-35-65(81(67)87-83(69)75)61-33-15-13-31-59(61)51(3)4)77-49-73(55-25-9-10-26-55)63-44-46-72-78(50-74(56-27-11-12-28-56)64-43-45-71(77)79(63)80(64)72)86(58-30-18-24-54(8-2)48-58)76-42-22-40-70-68-38-20-36-66(82(68)88-84(70)76)62-34-16-14-32-60(62)52(5)6/h13-24,29-52,55-56H,7-12,25-28H2,1-6H3. The van der Waals surface area contributed by atoms with Crippen molar-refractivity contribution in [2.24, 2.45) is 0 Å². The van der Waals surface area contributed by atoms with Gasteiger partial charge in [0, 0.05) is 54.8 Å². The number of rotatable bonds is 14. The van der Waals surface area contributed by atoms with E-state index in [0.717, 1.165) is 90.6 Å². The molecular weight excluding hydrogens is 1070 g/mol. The van der Waals surface area contributed by atoms with Crippen LogP contribution in [0.25, 0.3) is 98.4 Å². The molecule has 88 heavy (non-hydrogen) atoms. The lowest BCUT2D eigenvalue weighted by molar-refractivity contribution is 0.669. The summed E-state index contributed by atoms with van der Waals surface area (Å²) in [6.45, 7) is 13.7. The molecule has 0 atom stereocenters. The zero-order chi connectivity index (χ0) is 59.3. The van der Waals surface area contributed by atoms with Crippen molar-refractivity contribution in [1.82, 2.24) is 0 Å². The Balaban J connectivity index is 0.998. The molecular formula is C84H76N2O2. The average Bonchev–Trinajstić information content (AvgIpc) is 0.801. The SMILES string of the molecule is CCc1cccc(N(c2cc(C3CCCC3)c3ccc4c(N(c5cccc(CC)c5)c5cccc6c5oc5c(-c7ccccc7C(C)C)cccc56)cc(C5CCCC5)c5ccc2c3c54)c2cccc3c2oc2c(-c4ccccc4C(C)C)cccc23)c1. The minimum Gasteiger partial charge on any atom is -0.453 e. The van der Waals surface area contributed by atoms with Crippen LogP contribution in [-0.4, -0.2) is 0 Å². The van der Waals surface area contributed by atoms with Gasteiger partial charge in [-0.2, -0.15) is 0 Å². The molecule has 2 saturated carbocycles. The molecule has 16 rings (SSSR count). The van der Waals surface area contributed by atoms with Crippen molar-refractivity contribution >= 4 is 110 Å². The van der Waals surface area contributed by atoms with Gasteiger partial charge in [-0.3, -0.25) is 0 Å². The summed E-state index contributed by atoms with van der Waals surface area (Å²) < 4.78 is 15.0. The summed E-state index contributed by atoms with van der Waals surface area (Å²) >= 11 is 0. The number of benzene rings is 12. The fraction of sp³-hybridized carbons (Fsp3) is 0.238. The molecule has 2 aliphatic rings. The Morgan fingerprint density at radius 1 is 0.341 bits per heavy atom. The van der Waals surface area contributed by atoms with Crippen LogP contribution in [0.3, 0.4) is 0 Å². The molecule has 0 radical (unpaired) electrons. The van der Waals surface area contributed by atoms with Crippen LogP contribution in [0.5, 0.6) is 0 Å². The highest BCUT2D eigenvalue weighted by molar-refractivity contribution is 6.30. The summed E-state index contributed by atoms with van der Waals surface area (Å²) in [4.78, 5) is 5.15. The molecule has 4 nitrogen and oxygen atoms in total. The second kappa shape index (κ2) is 21.9. The van der Waals surface area contributed by atoms with Crippen LogP contribution in [0.2, 0.25) is 0 Å². The van der Waals surface area contributed by atoms with E-state index in [2.05, 4.69) is 258 Å².